The van der Waals surface area contributed by atoms with E-state index in [4.69, 9.17) is 0 Å². The minimum absolute atomic E-state index is 0. The maximum absolute atomic E-state index is 3.26. The van der Waals surface area contributed by atoms with E-state index in [1.165, 1.54) is 16.6 Å². The van der Waals surface area contributed by atoms with Crippen LogP contribution in [0.3, 0.4) is 0 Å². The molecule has 1 nitrogen and oxygen atoms in total. The summed E-state index contributed by atoms with van der Waals surface area (Å²) in [6.07, 6.45) is 0. The number of rotatable bonds is 0. The number of aromatic nitrogens is 1. The summed E-state index contributed by atoms with van der Waals surface area (Å²) in [6, 6.07) is 10.4. The van der Waals surface area contributed by atoms with Crippen LogP contribution >= 0.6 is 0 Å². The van der Waals surface area contributed by atoms with Crippen LogP contribution < -0.4 is 0 Å². The summed E-state index contributed by atoms with van der Waals surface area (Å²) >= 11 is 0. The van der Waals surface area contributed by atoms with Crippen molar-refractivity contribution in [1.29, 1.82) is 0 Å². The Labute approximate surface area is 270 Å². The fraction of sp³-hybridized carbons (Fsp3) is 0.0833. The molecule has 1 heterocycles. The Balaban J connectivity index is -0.0000000224. The van der Waals surface area contributed by atoms with Gasteiger partial charge in [0.25, 0.3) is 0 Å². The molecule has 7 heteroatoms. The minimum atomic E-state index is 0. The molecule has 0 bridgehead atoms. The van der Waals surface area contributed by atoms with E-state index in [2.05, 4.69) is 36.2 Å². The van der Waals surface area contributed by atoms with Crippen molar-refractivity contribution in [3.63, 3.8) is 0 Å². The molecule has 0 fully saturated rings. The zero-order valence-corrected chi connectivity index (χ0v) is 29.4. The van der Waals surface area contributed by atoms with Gasteiger partial charge in [0.05, 0.1) is 0 Å². The molecule has 0 aliphatic heterocycles. The van der Waals surface area contributed by atoms with Gasteiger partial charge in [-0.15, -0.1) is 0 Å². The zero-order chi connectivity index (χ0) is 6.97. The summed E-state index contributed by atoms with van der Waals surface area (Å²) in [5.41, 5.74) is 2.45. The normalized spacial score (nSPS) is 5.53. The molecule has 6 radical (unpaired) electrons. The van der Waals surface area contributed by atoms with Gasteiger partial charge in [0.2, 0.25) is 0 Å². The van der Waals surface area contributed by atoms with Gasteiger partial charge in [0, 0.05) is 207 Å². The van der Waals surface area contributed by atoms with Crippen molar-refractivity contribution in [2.45, 2.75) is 6.92 Å². The Kier molecular flexibility index (Phi) is 73.7. The van der Waals surface area contributed by atoms with Crippen LogP contribution in [0.25, 0.3) is 10.9 Å². The molecule has 0 saturated heterocycles. The molecule has 0 aliphatic carbocycles. The Morgan fingerprint density at radius 1 is 0.737 bits per heavy atom. The topological polar surface area (TPSA) is 15.8 Å². The van der Waals surface area contributed by atoms with Crippen LogP contribution in [0.15, 0.2) is 30.3 Å². The zero-order valence-electron chi connectivity index (χ0n) is 12.4. The molecule has 2 aromatic rings. The van der Waals surface area contributed by atoms with Crippen LogP contribution in [0, 0.1) is 29.2 Å². The average molecular weight is 710 g/mol. The first-order valence-corrected chi connectivity index (χ1v) is 3.40. The predicted octanol–water partition coefficient (Wildman–Crippen LogP) is 3.81. The van der Waals surface area contributed by atoms with Crippen LogP contribution in [0.5, 0.6) is 0 Å². The van der Waals surface area contributed by atoms with Crippen molar-refractivity contribution < 1.29 is 196 Å². The second kappa shape index (κ2) is 28.2. The standard InChI is InChI=1S/C9H9N.3CH3.6Y/c1-7-6-8-4-2-3-5-9(8)10-7;;;;;;;;;/h2-6,10H,1H3;3*1H3;;;;;;/q;3*-1;;;;;;. The number of fused-ring (bicyclic) bond motifs is 1. The molecular weight excluding hydrogens is 692 g/mol. The van der Waals surface area contributed by atoms with Crippen molar-refractivity contribution in [3.8, 4) is 0 Å². The predicted molar refractivity (Wildman–Crippen MR) is 62.3 cm³/mol. The van der Waals surface area contributed by atoms with Crippen LogP contribution in [0.4, 0.5) is 0 Å². The SMILES string of the molecule is Cc1cc2ccccc2[nH]1.[CH3-].[CH3-].[CH3-].[Y].[Y].[Y].[Y].[Y].[Y]. The molecule has 0 atom stereocenters. The van der Waals surface area contributed by atoms with Gasteiger partial charge in [-0.25, -0.2) is 0 Å². The van der Waals surface area contributed by atoms with E-state index in [0.717, 1.165) is 0 Å². The molecule has 1 aromatic heterocycles. The van der Waals surface area contributed by atoms with E-state index in [1.807, 2.05) is 6.07 Å². The Morgan fingerprint density at radius 3 is 1.58 bits per heavy atom. The Hall–Kier alpha value is 5.38. The number of para-hydroxylation sites is 1. The molecule has 19 heavy (non-hydrogen) atoms. The first-order chi connectivity index (χ1) is 4.86. The molecule has 0 aliphatic rings. The Morgan fingerprint density at radius 2 is 1.16 bits per heavy atom. The number of hydrogen-bond acceptors (Lipinski definition) is 0. The second-order valence-corrected chi connectivity index (χ2v) is 2.54. The van der Waals surface area contributed by atoms with Gasteiger partial charge in [-0.2, -0.15) is 0 Å². The number of aromatic amines is 1. The van der Waals surface area contributed by atoms with Crippen LogP contribution in [-0.2, 0) is 196 Å². The number of hydrogen-bond donors (Lipinski definition) is 1. The van der Waals surface area contributed by atoms with E-state index >= 15 is 0 Å². The van der Waals surface area contributed by atoms with E-state index in [0.29, 0.717) is 0 Å². The summed E-state index contributed by atoms with van der Waals surface area (Å²) in [6.45, 7) is 2.07. The van der Waals surface area contributed by atoms with E-state index in [1.54, 1.807) is 0 Å². The van der Waals surface area contributed by atoms with Crippen LogP contribution in [0.1, 0.15) is 5.69 Å². The van der Waals surface area contributed by atoms with E-state index in [-0.39, 0.29) is 219 Å². The van der Waals surface area contributed by atoms with Crippen molar-refractivity contribution in [2.75, 3.05) is 0 Å². The van der Waals surface area contributed by atoms with Gasteiger partial charge >= 0.3 is 0 Å². The second-order valence-electron chi connectivity index (χ2n) is 2.54. The summed E-state index contributed by atoms with van der Waals surface area (Å²) < 4.78 is 0. The number of H-pyrrole nitrogens is 1. The maximum atomic E-state index is 3.26. The molecule has 0 amide bonds. The van der Waals surface area contributed by atoms with Gasteiger partial charge in [-0.1, -0.05) is 18.2 Å². The van der Waals surface area contributed by atoms with E-state index < -0.39 is 0 Å². The van der Waals surface area contributed by atoms with Gasteiger partial charge < -0.3 is 27.3 Å². The summed E-state index contributed by atoms with van der Waals surface area (Å²) in [5.74, 6) is 0. The van der Waals surface area contributed by atoms with Crippen LogP contribution in [-0.4, -0.2) is 4.98 Å². The molecule has 0 saturated carbocycles. The van der Waals surface area contributed by atoms with Gasteiger partial charge in [-0.05, 0) is 24.4 Å². The van der Waals surface area contributed by atoms with Crippen molar-refractivity contribution in [2.24, 2.45) is 0 Å². The first-order valence-electron chi connectivity index (χ1n) is 3.40. The first kappa shape index (κ1) is 49.7. The third-order valence-electron chi connectivity index (χ3n) is 1.66. The molecule has 1 N–H and O–H groups in total. The largest absolute Gasteiger partial charge is 0.359 e. The minimum Gasteiger partial charge on any atom is -0.359 e. The maximum Gasteiger partial charge on any atom is 0.0455 e. The smallest absolute Gasteiger partial charge is 0.0455 e. The average Bonchev–Trinajstić information content (AvgIpc) is 2.27. The third kappa shape index (κ3) is 18.0. The van der Waals surface area contributed by atoms with Gasteiger partial charge in [-0.3, -0.25) is 0 Å². The Bertz CT molecular complexity index is 331. The van der Waals surface area contributed by atoms with E-state index in [9.17, 15) is 0 Å². The van der Waals surface area contributed by atoms with Gasteiger partial charge in [0.1, 0.15) is 0 Å². The summed E-state index contributed by atoms with van der Waals surface area (Å²) in [7, 11) is 0. The monoisotopic (exact) mass is 710 g/mol. The molecule has 2 rings (SSSR count). The molecule has 0 spiro atoms. The van der Waals surface area contributed by atoms with Crippen molar-refractivity contribution in [3.05, 3.63) is 58.3 Å². The van der Waals surface area contributed by atoms with Crippen molar-refractivity contribution in [1.82, 2.24) is 4.98 Å². The number of benzene rings is 1. The fourth-order valence-electron chi connectivity index (χ4n) is 1.22. The number of nitrogens with one attached hydrogen (secondary N) is 1. The number of aryl methyl sites for hydroxylation is 1. The molecule has 1 aromatic carbocycles. The molecular formula is C12H18NY6-3. The summed E-state index contributed by atoms with van der Waals surface area (Å²) in [5, 5.41) is 1.29. The third-order valence-corrected chi connectivity index (χ3v) is 1.66. The fourth-order valence-corrected chi connectivity index (χ4v) is 1.22. The van der Waals surface area contributed by atoms with Gasteiger partial charge in [0.15, 0.2) is 0 Å². The molecule has 0 unspecified atom stereocenters. The van der Waals surface area contributed by atoms with Crippen LogP contribution in [0.2, 0.25) is 0 Å². The quantitative estimate of drug-likeness (QED) is 0.401. The summed E-state index contributed by atoms with van der Waals surface area (Å²) in [4.78, 5) is 3.26. The molecule has 92 valence electrons. The van der Waals surface area contributed by atoms with Crippen molar-refractivity contribution >= 4 is 10.9 Å².